The van der Waals surface area contributed by atoms with Gasteiger partial charge in [0, 0.05) is 6.54 Å². The molecule has 5 heteroatoms. The van der Waals surface area contributed by atoms with Crippen LogP contribution in [0.2, 0.25) is 0 Å². The van der Waals surface area contributed by atoms with Gasteiger partial charge in [-0.05, 0) is 31.2 Å². The Kier molecular flexibility index (Phi) is 4.80. The van der Waals surface area contributed by atoms with E-state index in [0.717, 1.165) is 32.2 Å². The molecule has 0 aromatic heterocycles. The summed E-state index contributed by atoms with van der Waals surface area (Å²) in [5.41, 5.74) is 0. The maximum atomic E-state index is 12.2. The first kappa shape index (κ1) is 14.3. The molecule has 0 spiro atoms. The van der Waals surface area contributed by atoms with Gasteiger partial charge < -0.3 is 15.7 Å². The highest BCUT2D eigenvalue weighted by atomic mass is 16.4. The minimum atomic E-state index is -0.890. The van der Waals surface area contributed by atoms with E-state index in [1.54, 1.807) is 0 Å². The lowest BCUT2D eigenvalue weighted by atomic mass is 9.83. The lowest BCUT2D eigenvalue weighted by molar-refractivity contribution is -0.144. The van der Waals surface area contributed by atoms with Gasteiger partial charge in [0.05, 0.1) is 5.92 Å². The molecule has 2 rings (SSSR count). The fourth-order valence-corrected chi connectivity index (χ4v) is 3.27. The van der Waals surface area contributed by atoms with Crippen LogP contribution in [0.25, 0.3) is 0 Å². The molecular formula is C14H24N2O3. The number of amides is 1. The van der Waals surface area contributed by atoms with E-state index in [2.05, 4.69) is 10.6 Å². The smallest absolute Gasteiger partial charge is 0.326 e. The van der Waals surface area contributed by atoms with Crippen LogP contribution in [0.3, 0.4) is 0 Å². The summed E-state index contributed by atoms with van der Waals surface area (Å²) in [5, 5.41) is 15.3. The Labute approximate surface area is 114 Å². The highest BCUT2D eigenvalue weighted by Gasteiger charge is 2.35. The lowest BCUT2D eigenvalue weighted by Crippen LogP contribution is -2.49. The fourth-order valence-electron chi connectivity index (χ4n) is 3.27. The van der Waals surface area contributed by atoms with Crippen LogP contribution in [0.4, 0.5) is 0 Å². The number of carbonyl (C=O) groups is 2. The van der Waals surface area contributed by atoms with Crippen LogP contribution in [0.1, 0.15) is 39.0 Å². The zero-order chi connectivity index (χ0) is 13.8. The van der Waals surface area contributed by atoms with Crippen molar-refractivity contribution >= 4 is 11.9 Å². The Bertz CT molecular complexity index is 340. The van der Waals surface area contributed by atoms with Crippen LogP contribution in [-0.4, -0.2) is 36.1 Å². The lowest BCUT2D eigenvalue weighted by Gasteiger charge is -2.29. The van der Waals surface area contributed by atoms with E-state index in [9.17, 15) is 14.7 Å². The molecule has 1 saturated heterocycles. The largest absolute Gasteiger partial charge is 0.480 e. The maximum Gasteiger partial charge on any atom is 0.326 e. The van der Waals surface area contributed by atoms with E-state index >= 15 is 0 Å². The number of carbonyl (C=O) groups excluding carboxylic acids is 1. The van der Waals surface area contributed by atoms with Gasteiger partial charge in [-0.2, -0.15) is 0 Å². The number of hydrogen-bond donors (Lipinski definition) is 3. The number of nitrogens with one attached hydrogen (secondary N) is 2. The first-order valence-corrected chi connectivity index (χ1v) is 7.33. The van der Waals surface area contributed by atoms with Crippen molar-refractivity contribution in [3.63, 3.8) is 0 Å². The van der Waals surface area contributed by atoms with Crippen LogP contribution >= 0.6 is 0 Å². The maximum absolute atomic E-state index is 12.2. The molecule has 108 valence electrons. The second-order valence-corrected chi connectivity index (χ2v) is 5.96. The third-order valence-electron chi connectivity index (χ3n) is 4.54. The van der Waals surface area contributed by atoms with Crippen molar-refractivity contribution in [3.8, 4) is 0 Å². The summed E-state index contributed by atoms with van der Waals surface area (Å²) >= 11 is 0. The zero-order valence-corrected chi connectivity index (χ0v) is 11.5. The number of carboxylic acid groups (broad SMARTS) is 1. The molecule has 1 saturated carbocycles. The van der Waals surface area contributed by atoms with E-state index in [0.29, 0.717) is 6.54 Å². The van der Waals surface area contributed by atoms with Crippen molar-refractivity contribution in [2.45, 2.75) is 45.1 Å². The Hall–Kier alpha value is -1.10. The van der Waals surface area contributed by atoms with Crippen molar-refractivity contribution in [2.24, 2.45) is 17.8 Å². The van der Waals surface area contributed by atoms with Gasteiger partial charge in [0.25, 0.3) is 0 Å². The highest BCUT2D eigenvalue weighted by Crippen LogP contribution is 2.27. The first-order valence-electron chi connectivity index (χ1n) is 7.33. The fraction of sp³-hybridized carbons (Fsp3) is 0.857. The summed E-state index contributed by atoms with van der Waals surface area (Å²) in [6.07, 6.45) is 5.16. The average molecular weight is 268 g/mol. The topological polar surface area (TPSA) is 78.4 Å². The third kappa shape index (κ3) is 3.47. The van der Waals surface area contributed by atoms with Crippen LogP contribution in [-0.2, 0) is 9.59 Å². The highest BCUT2D eigenvalue weighted by molar-refractivity contribution is 5.85. The molecule has 0 radical (unpaired) electrons. The summed E-state index contributed by atoms with van der Waals surface area (Å²) in [5.74, 6) is -0.708. The minimum absolute atomic E-state index is 0.0922. The molecule has 1 unspecified atom stereocenters. The van der Waals surface area contributed by atoms with Gasteiger partial charge in [0.1, 0.15) is 6.04 Å². The molecule has 0 bridgehead atoms. The van der Waals surface area contributed by atoms with Crippen LogP contribution in [0, 0.1) is 17.8 Å². The zero-order valence-electron chi connectivity index (χ0n) is 11.5. The van der Waals surface area contributed by atoms with Gasteiger partial charge in [-0.3, -0.25) is 4.79 Å². The van der Waals surface area contributed by atoms with Crippen molar-refractivity contribution in [1.29, 1.82) is 0 Å². The van der Waals surface area contributed by atoms with Crippen LogP contribution in [0.5, 0.6) is 0 Å². The quantitative estimate of drug-likeness (QED) is 0.710. The van der Waals surface area contributed by atoms with Crippen LogP contribution in [0.15, 0.2) is 0 Å². The summed E-state index contributed by atoms with van der Waals surface area (Å²) in [6, 6.07) is -0.708. The third-order valence-corrected chi connectivity index (χ3v) is 4.54. The molecule has 0 aromatic carbocycles. The van der Waals surface area contributed by atoms with E-state index in [4.69, 9.17) is 0 Å². The Morgan fingerprint density at radius 1 is 1.21 bits per heavy atom. The predicted octanol–water partition coefficient (Wildman–Crippen LogP) is 0.992. The van der Waals surface area contributed by atoms with Gasteiger partial charge in [0.2, 0.25) is 5.91 Å². The molecule has 1 amide bonds. The molecule has 0 aromatic rings. The second-order valence-electron chi connectivity index (χ2n) is 5.96. The van der Waals surface area contributed by atoms with Gasteiger partial charge in [0.15, 0.2) is 0 Å². The molecule has 1 aliphatic heterocycles. The van der Waals surface area contributed by atoms with Gasteiger partial charge in [-0.25, -0.2) is 4.79 Å². The van der Waals surface area contributed by atoms with E-state index in [1.165, 1.54) is 6.42 Å². The summed E-state index contributed by atoms with van der Waals surface area (Å²) in [4.78, 5) is 23.6. The number of aliphatic carboxylic acids is 1. The van der Waals surface area contributed by atoms with Crippen molar-refractivity contribution < 1.29 is 14.7 Å². The molecule has 2 aliphatic rings. The van der Waals surface area contributed by atoms with Gasteiger partial charge >= 0.3 is 5.97 Å². The molecular weight excluding hydrogens is 244 g/mol. The van der Waals surface area contributed by atoms with Gasteiger partial charge in [-0.15, -0.1) is 0 Å². The molecule has 1 aliphatic carbocycles. The molecule has 3 N–H and O–H groups in total. The van der Waals surface area contributed by atoms with E-state index in [1.807, 2.05) is 6.92 Å². The number of carboxylic acids is 1. The molecule has 1 heterocycles. The molecule has 19 heavy (non-hydrogen) atoms. The monoisotopic (exact) mass is 268 g/mol. The Morgan fingerprint density at radius 2 is 1.89 bits per heavy atom. The molecule has 5 nitrogen and oxygen atoms in total. The second kappa shape index (κ2) is 6.37. The van der Waals surface area contributed by atoms with E-state index in [-0.39, 0.29) is 23.7 Å². The van der Waals surface area contributed by atoms with Crippen molar-refractivity contribution in [2.75, 3.05) is 13.1 Å². The van der Waals surface area contributed by atoms with Crippen molar-refractivity contribution in [3.05, 3.63) is 0 Å². The standard InChI is InChI=1S/C14H24N2O3/c1-9-7-15-8-11(9)13(17)16-12(14(18)19)10-5-3-2-4-6-10/h9-12,15H,2-8H2,1H3,(H,16,17)(H,18,19)/t9-,11-,12?/m1/s1. The first-order chi connectivity index (χ1) is 9.09. The Morgan fingerprint density at radius 3 is 2.42 bits per heavy atom. The summed E-state index contributed by atoms with van der Waals surface area (Å²) in [7, 11) is 0. The Balaban J connectivity index is 1.95. The normalized spacial score (nSPS) is 29.9. The summed E-state index contributed by atoms with van der Waals surface area (Å²) < 4.78 is 0. The van der Waals surface area contributed by atoms with Crippen molar-refractivity contribution in [1.82, 2.24) is 10.6 Å². The average Bonchev–Trinajstić information content (AvgIpc) is 2.82. The summed E-state index contributed by atoms with van der Waals surface area (Å²) in [6.45, 7) is 3.52. The minimum Gasteiger partial charge on any atom is -0.480 e. The number of hydrogen-bond acceptors (Lipinski definition) is 3. The molecule has 3 atom stereocenters. The SMILES string of the molecule is C[C@@H]1CNC[C@H]1C(=O)NC(C(=O)O)C1CCCCC1. The predicted molar refractivity (Wildman–Crippen MR) is 71.7 cm³/mol. The van der Waals surface area contributed by atoms with Crippen LogP contribution < -0.4 is 10.6 Å². The molecule has 2 fully saturated rings. The van der Waals surface area contributed by atoms with E-state index < -0.39 is 12.0 Å². The number of rotatable bonds is 4. The van der Waals surface area contributed by atoms with Gasteiger partial charge in [-0.1, -0.05) is 26.2 Å².